The number of amides is 1. The molecule has 6 rings (SSSR count). The Labute approximate surface area is 233 Å². The predicted molar refractivity (Wildman–Crippen MR) is 153 cm³/mol. The molecule has 6 aromatic rings. The van der Waals surface area contributed by atoms with E-state index in [0.717, 1.165) is 27.8 Å². The van der Waals surface area contributed by atoms with Crippen LogP contribution in [-0.4, -0.2) is 35.4 Å². The molecule has 4 aromatic heterocycles. The van der Waals surface area contributed by atoms with Gasteiger partial charge >= 0.3 is 0 Å². The normalized spacial score (nSPS) is 11.1. The molecule has 4 heterocycles. The van der Waals surface area contributed by atoms with Gasteiger partial charge in [-0.2, -0.15) is 15.1 Å². The molecule has 11 heteroatoms. The highest BCUT2D eigenvalue weighted by Gasteiger charge is 2.21. The number of aryl methyl sites for hydroxylation is 3. The zero-order chi connectivity index (χ0) is 28.7. The SMILES string of the molecule is CCn1c(-c2ccc(-c3c(C)on(C)c3=O)cc2)cc2cc(C#N)nc(C(=O)Nc3cccc(-c4ncn[nH]4)c3)c21. The van der Waals surface area contributed by atoms with E-state index in [-0.39, 0.29) is 16.9 Å². The number of hydrogen-bond donors (Lipinski definition) is 2. The van der Waals surface area contributed by atoms with E-state index in [1.54, 1.807) is 38.2 Å². The standard InChI is InChI=1S/C30H24N8O3/c1-4-38-24(18-8-10-19(11-9-18)25-17(2)41-37(3)30(25)40)14-21-13-23(15-31)34-26(27(21)38)29(39)35-22-7-5-6-20(12-22)28-32-16-33-36-28/h5-14,16H,4H2,1-3H3,(H,35,39)(H,32,33,36). The molecule has 0 spiro atoms. The van der Waals surface area contributed by atoms with Crippen LogP contribution in [0.4, 0.5) is 5.69 Å². The molecule has 11 nitrogen and oxygen atoms in total. The summed E-state index contributed by atoms with van der Waals surface area (Å²) in [5, 5.41) is 20.0. The molecular formula is C30H24N8O3. The first kappa shape index (κ1) is 25.5. The van der Waals surface area contributed by atoms with E-state index in [1.165, 1.54) is 11.1 Å². The predicted octanol–water partition coefficient (Wildman–Crippen LogP) is 4.90. The number of carbonyl (C=O) groups excluding carboxylic acids is 1. The third-order valence-electron chi connectivity index (χ3n) is 6.93. The molecule has 1 amide bonds. The highest BCUT2D eigenvalue weighted by molar-refractivity contribution is 6.11. The maximum atomic E-state index is 13.6. The van der Waals surface area contributed by atoms with E-state index >= 15 is 0 Å². The highest BCUT2D eigenvalue weighted by atomic mass is 16.5. The second-order valence-corrected chi connectivity index (χ2v) is 9.45. The molecule has 0 aliphatic carbocycles. The molecule has 0 aliphatic heterocycles. The number of rotatable bonds is 6. The molecule has 2 N–H and O–H groups in total. The summed E-state index contributed by atoms with van der Waals surface area (Å²) in [6.45, 7) is 4.30. The van der Waals surface area contributed by atoms with Gasteiger partial charge < -0.3 is 14.4 Å². The summed E-state index contributed by atoms with van der Waals surface area (Å²) in [4.78, 5) is 34.7. The summed E-state index contributed by atoms with van der Waals surface area (Å²) < 4.78 is 8.65. The largest absolute Gasteiger partial charge is 0.381 e. The maximum absolute atomic E-state index is 13.6. The average Bonchev–Trinajstić information content (AvgIpc) is 3.71. The smallest absolute Gasteiger partial charge is 0.290 e. The van der Waals surface area contributed by atoms with Gasteiger partial charge in [-0.1, -0.05) is 36.4 Å². The van der Waals surface area contributed by atoms with Gasteiger partial charge in [0.2, 0.25) is 0 Å². The van der Waals surface area contributed by atoms with Gasteiger partial charge in [-0.15, -0.1) is 0 Å². The summed E-state index contributed by atoms with van der Waals surface area (Å²) in [6.07, 6.45) is 1.41. The summed E-state index contributed by atoms with van der Waals surface area (Å²) in [6, 6.07) is 20.5. The lowest BCUT2D eigenvalue weighted by Gasteiger charge is -2.12. The number of nitriles is 1. The molecule has 0 saturated heterocycles. The second-order valence-electron chi connectivity index (χ2n) is 9.45. The number of benzene rings is 2. The number of pyridine rings is 1. The Hall–Kier alpha value is -5.76. The molecule has 0 atom stereocenters. The summed E-state index contributed by atoms with van der Waals surface area (Å²) >= 11 is 0. The Bertz CT molecular complexity index is 2020. The van der Waals surface area contributed by atoms with Gasteiger partial charge in [0.15, 0.2) is 11.5 Å². The Morgan fingerprint density at radius 2 is 1.88 bits per heavy atom. The third-order valence-corrected chi connectivity index (χ3v) is 6.93. The summed E-state index contributed by atoms with van der Waals surface area (Å²) in [5.41, 5.74) is 5.01. The van der Waals surface area contributed by atoms with Crippen molar-refractivity contribution >= 4 is 22.5 Å². The lowest BCUT2D eigenvalue weighted by molar-refractivity contribution is 0.102. The van der Waals surface area contributed by atoms with Crippen LogP contribution in [0.1, 0.15) is 28.9 Å². The molecule has 2 aromatic carbocycles. The molecule has 41 heavy (non-hydrogen) atoms. The molecule has 0 saturated carbocycles. The lowest BCUT2D eigenvalue weighted by Crippen LogP contribution is -2.16. The Balaban J connectivity index is 1.41. The van der Waals surface area contributed by atoms with Crippen molar-refractivity contribution in [2.45, 2.75) is 20.4 Å². The first-order valence-electron chi connectivity index (χ1n) is 12.9. The van der Waals surface area contributed by atoms with Crippen molar-refractivity contribution in [1.29, 1.82) is 5.26 Å². The molecule has 0 bridgehead atoms. The Kier molecular flexibility index (Phi) is 6.28. The Morgan fingerprint density at radius 1 is 1.10 bits per heavy atom. The molecule has 0 aliphatic rings. The van der Waals surface area contributed by atoms with Crippen LogP contribution < -0.4 is 10.9 Å². The number of anilines is 1. The number of carbonyl (C=O) groups is 1. The third kappa shape index (κ3) is 4.47. The molecule has 0 unspecified atom stereocenters. The van der Waals surface area contributed by atoms with Crippen LogP contribution >= 0.6 is 0 Å². The van der Waals surface area contributed by atoms with Crippen LogP contribution in [0.15, 0.2) is 76.3 Å². The van der Waals surface area contributed by atoms with Crippen molar-refractivity contribution in [2.24, 2.45) is 7.05 Å². The minimum absolute atomic E-state index is 0.138. The number of nitrogens with zero attached hydrogens (tertiary/aromatic N) is 6. The van der Waals surface area contributed by atoms with Crippen molar-refractivity contribution in [3.8, 4) is 39.8 Å². The van der Waals surface area contributed by atoms with Gasteiger partial charge in [0, 0.05) is 35.9 Å². The van der Waals surface area contributed by atoms with Gasteiger partial charge in [0.25, 0.3) is 11.5 Å². The van der Waals surface area contributed by atoms with E-state index in [2.05, 4.69) is 31.6 Å². The van der Waals surface area contributed by atoms with Crippen molar-refractivity contribution in [3.63, 3.8) is 0 Å². The highest BCUT2D eigenvalue weighted by Crippen LogP contribution is 2.32. The molecule has 202 valence electrons. The van der Waals surface area contributed by atoms with Crippen LogP contribution in [0.5, 0.6) is 0 Å². The van der Waals surface area contributed by atoms with Crippen molar-refractivity contribution in [2.75, 3.05) is 5.32 Å². The summed E-state index contributed by atoms with van der Waals surface area (Å²) in [5.74, 6) is 0.680. The van der Waals surface area contributed by atoms with E-state index in [0.29, 0.717) is 34.9 Å². The quantitative estimate of drug-likeness (QED) is 0.303. The van der Waals surface area contributed by atoms with Gasteiger partial charge in [-0.25, -0.2) is 9.97 Å². The van der Waals surface area contributed by atoms with Crippen LogP contribution in [0.2, 0.25) is 0 Å². The van der Waals surface area contributed by atoms with Gasteiger partial charge in [0.05, 0.1) is 11.1 Å². The van der Waals surface area contributed by atoms with E-state index < -0.39 is 5.91 Å². The lowest BCUT2D eigenvalue weighted by atomic mass is 10.0. The average molecular weight is 545 g/mol. The fourth-order valence-corrected chi connectivity index (χ4v) is 5.09. The zero-order valence-corrected chi connectivity index (χ0v) is 22.5. The molecular weight excluding hydrogens is 520 g/mol. The zero-order valence-electron chi connectivity index (χ0n) is 22.5. The minimum atomic E-state index is -0.442. The van der Waals surface area contributed by atoms with E-state index in [4.69, 9.17) is 4.52 Å². The number of fused-ring (bicyclic) bond motifs is 1. The van der Waals surface area contributed by atoms with Crippen LogP contribution in [0, 0.1) is 18.3 Å². The van der Waals surface area contributed by atoms with Crippen molar-refractivity contribution < 1.29 is 9.32 Å². The monoisotopic (exact) mass is 544 g/mol. The fraction of sp³-hybridized carbons (Fsp3) is 0.133. The molecule has 0 fully saturated rings. The number of aromatic amines is 1. The second kappa shape index (κ2) is 10.1. The molecule has 0 radical (unpaired) electrons. The number of hydrogen-bond acceptors (Lipinski definition) is 7. The first-order chi connectivity index (χ1) is 19.9. The van der Waals surface area contributed by atoms with Crippen molar-refractivity contribution in [3.05, 3.63) is 94.5 Å². The summed E-state index contributed by atoms with van der Waals surface area (Å²) in [7, 11) is 1.58. The van der Waals surface area contributed by atoms with Crippen LogP contribution in [-0.2, 0) is 13.6 Å². The topological polar surface area (TPSA) is 147 Å². The van der Waals surface area contributed by atoms with Gasteiger partial charge in [-0.3, -0.25) is 14.7 Å². The van der Waals surface area contributed by atoms with E-state index in [1.807, 2.05) is 47.9 Å². The maximum Gasteiger partial charge on any atom is 0.290 e. The van der Waals surface area contributed by atoms with E-state index in [9.17, 15) is 14.9 Å². The van der Waals surface area contributed by atoms with Crippen LogP contribution in [0.3, 0.4) is 0 Å². The first-order valence-corrected chi connectivity index (χ1v) is 12.9. The number of aromatic nitrogens is 6. The number of nitrogens with one attached hydrogen (secondary N) is 2. The Morgan fingerprint density at radius 3 is 2.54 bits per heavy atom. The van der Waals surface area contributed by atoms with Crippen molar-refractivity contribution in [1.82, 2.24) is 29.5 Å². The minimum Gasteiger partial charge on any atom is -0.381 e. The van der Waals surface area contributed by atoms with Gasteiger partial charge in [0.1, 0.15) is 23.9 Å². The number of H-pyrrole nitrogens is 1. The van der Waals surface area contributed by atoms with Gasteiger partial charge in [-0.05, 0) is 49.2 Å². The van der Waals surface area contributed by atoms with Crippen LogP contribution in [0.25, 0.3) is 44.7 Å². The fourth-order valence-electron chi connectivity index (χ4n) is 5.09.